The normalized spacial score (nSPS) is 11.3. The predicted molar refractivity (Wildman–Crippen MR) is 144 cm³/mol. The van der Waals surface area contributed by atoms with E-state index in [1.54, 1.807) is 7.11 Å². The second kappa shape index (κ2) is 13.1. The highest BCUT2D eigenvalue weighted by Gasteiger charge is 2.22. The number of aryl methyl sites for hydroxylation is 1. The second-order valence-electron chi connectivity index (χ2n) is 9.78. The highest BCUT2D eigenvalue weighted by Crippen LogP contribution is 2.19. The fourth-order valence-corrected chi connectivity index (χ4v) is 4.69. The molecular formula is C29H40N4O3. The van der Waals surface area contributed by atoms with Crippen molar-refractivity contribution in [2.75, 3.05) is 13.7 Å². The molecule has 0 aliphatic heterocycles. The van der Waals surface area contributed by atoms with Crippen molar-refractivity contribution in [2.24, 2.45) is 0 Å². The zero-order chi connectivity index (χ0) is 26.1. The second-order valence-corrected chi connectivity index (χ2v) is 9.78. The molecule has 0 atom stereocenters. The molecule has 0 aliphatic carbocycles. The minimum Gasteiger partial charge on any atom is -0.497 e. The van der Waals surface area contributed by atoms with Gasteiger partial charge in [0.1, 0.15) is 18.1 Å². The minimum absolute atomic E-state index is 0.0281. The van der Waals surface area contributed by atoms with Crippen LogP contribution in [0.1, 0.15) is 58.3 Å². The van der Waals surface area contributed by atoms with Crippen molar-refractivity contribution >= 4 is 22.8 Å². The van der Waals surface area contributed by atoms with Crippen LogP contribution in [0, 0.1) is 0 Å². The number of nitrogens with zero attached hydrogens (tertiary/aromatic N) is 3. The number of para-hydroxylation sites is 2. The van der Waals surface area contributed by atoms with E-state index in [1.165, 1.54) is 0 Å². The molecule has 194 valence electrons. The lowest BCUT2D eigenvalue weighted by molar-refractivity contribution is -0.135. The predicted octanol–water partition coefficient (Wildman–Crippen LogP) is 4.76. The molecule has 0 fully saturated rings. The van der Waals surface area contributed by atoms with Crippen molar-refractivity contribution in [2.45, 2.75) is 78.4 Å². The van der Waals surface area contributed by atoms with Gasteiger partial charge in [0, 0.05) is 25.0 Å². The fraction of sp³-hybridized carbons (Fsp3) is 0.483. The first-order valence-electron chi connectivity index (χ1n) is 12.9. The number of nitrogens with one attached hydrogen (secondary N) is 1. The van der Waals surface area contributed by atoms with Crippen LogP contribution < -0.4 is 10.1 Å². The third-order valence-electron chi connectivity index (χ3n) is 6.35. The molecule has 0 saturated heterocycles. The maximum absolute atomic E-state index is 13.2. The molecule has 2 amide bonds. The van der Waals surface area contributed by atoms with Gasteiger partial charge in [0.05, 0.1) is 24.6 Å². The molecule has 36 heavy (non-hydrogen) atoms. The number of carbonyl (C=O) groups is 2. The van der Waals surface area contributed by atoms with Crippen LogP contribution in [0.3, 0.4) is 0 Å². The molecule has 1 heterocycles. The number of carbonyl (C=O) groups excluding carboxylic acids is 2. The number of fused-ring (bicyclic) bond motifs is 1. The van der Waals surface area contributed by atoms with Gasteiger partial charge in [0.15, 0.2) is 0 Å². The molecule has 0 bridgehead atoms. The molecule has 7 heteroatoms. The van der Waals surface area contributed by atoms with Crippen LogP contribution in [0.4, 0.5) is 0 Å². The molecule has 7 nitrogen and oxygen atoms in total. The molecule has 0 spiro atoms. The van der Waals surface area contributed by atoms with Crippen molar-refractivity contribution in [3.8, 4) is 5.75 Å². The molecule has 3 aromatic rings. The van der Waals surface area contributed by atoms with Gasteiger partial charge in [-0.15, -0.1) is 0 Å². The van der Waals surface area contributed by atoms with Crippen LogP contribution in [0.5, 0.6) is 5.75 Å². The molecule has 1 aromatic heterocycles. The highest BCUT2D eigenvalue weighted by molar-refractivity contribution is 5.81. The van der Waals surface area contributed by atoms with E-state index >= 15 is 0 Å². The van der Waals surface area contributed by atoms with E-state index in [0.717, 1.165) is 53.9 Å². The topological polar surface area (TPSA) is 76.5 Å². The van der Waals surface area contributed by atoms with Gasteiger partial charge in [0.2, 0.25) is 11.8 Å². The first kappa shape index (κ1) is 27.2. The molecule has 0 unspecified atom stereocenters. The fourth-order valence-electron chi connectivity index (χ4n) is 4.69. The van der Waals surface area contributed by atoms with E-state index in [0.29, 0.717) is 19.5 Å². The van der Waals surface area contributed by atoms with Crippen molar-refractivity contribution in [3.05, 3.63) is 59.9 Å². The summed E-state index contributed by atoms with van der Waals surface area (Å²) in [5.74, 6) is 1.87. The summed E-state index contributed by atoms with van der Waals surface area (Å²) in [6.07, 6.45) is 3.99. The molecule has 3 rings (SSSR count). The van der Waals surface area contributed by atoms with Gasteiger partial charge in [-0.2, -0.15) is 0 Å². The summed E-state index contributed by atoms with van der Waals surface area (Å²) in [5.41, 5.74) is 2.89. The number of unbranched alkanes of at least 4 members (excludes halogenated alkanes) is 2. The summed E-state index contributed by atoms with van der Waals surface area (Å²) in [6.45, 7) is 9.18. The van der Waals surface area contributed by atoms with Gasteiger partial charge in [-0.25, -0.2) is 4.98 Å². The Hall–Kier alpha value is -3.35. The van der Waals surface area contributed by atoms with Crippen LogP contribution in [0.25, 0.3) is 11.0 Å². The van der Waals surface area contributed by atoms with Crippen molar-refractivity contribution in [1.29, 1.82) is 0 Å². The number of rotatable bonds is 13. The molecule has 0 saturated carbocycles. The number of imidazole rings is 1. The van der Waals surface area contributed by atoms with Gasteiger partial charge < -0.3 is 19.5 Å². The Morgan fingerprint density at radius 2 is 1.67 bits per heavy atom. The monoisotopic (exact) mass is 492 g/mol. The van der Waals surface area contributed by atoms with Gasteiger partial charge in [0.25, 0.3) is 0 Å². The zero-order valence-corrected chi connectivity index (χ0v) is 22.3. The quantitative estimate of drug-likeness (QED) is 0.349. The van der Waals surface area contributed by atoms with Crippen molar-refractivity contribution in [1.82, 2.24) is 19.8 Å². The largest absolute Gasteiger partial charge is 0.497 e. The number of hydrogen-bond acceptors (Lipinski definition) is 4. The molecule has 1 N–H and O–H groups in total. The summed E-state index contributed by atoms with van der Waals surface area (Å²) >= 11 is 0. The Morgan fingerprint density at radius 1 is 0.972 bits per heavy atom. The number of methoxy groups -OCH3 is 1. The van der Waals surface area contributed by atoms with E-state index in [2.05, 4.69) is 37.6 Å². The van der Waals surface area contributed by atoms with Gasteiger partial charge in [-0.3, -0.25) is 9.59 Å². The first-order chi connectivity index (χ1) is 17.3. The van der Waals surface area contributed by atoms with Gasteiger partial charge >= 0.3 is 0 Å². The Labute approximate surface area is 214 Å². The van der Waals surface area contributed by atoms with E-state index in [4.69, 9.17) is 9.72 Å². The Morgan fingerprint density at radius 3 is 2.33 bits per heavy atom. The average molecular weight is 493 g/mol. The minimum atomic E-state index is 0.0281. The Kier molecular flexibility index (Phi) is 9.91. The smallest absolute Gasteiger partial charge is 0.243 e. The van der Waals surface area contributed by atoms with Crippen LogP contribution in [-0.2, 0) is 29.0 Å². The number of hydrogen-bond donors (Lipinski definition) is 1. The molecular weight excluding hydrogens is 452 g/mol. The third kappa shape index (κ3) is 7.33. The van der Waals surface area contributed by atoms with E-state index < -0.39 is 0 Å². The van der Waals surface area contributed by atoms with Crippen LogP contribution >= 0.6 is 0 Å². The SMILES string of the molecule is COc1ccc(CC(=O)NCCCCCc2nc3ccccc3n2CC(=O)N(C(C)C)C(C)C)cc1. The van der Waals surface area contributed by atoms with E-state index in [1.807, 2.05) is 53.4 Å². The van der Waals surface area contributed by atoms with Crippen molar-refractivity contribution < 1.29 is 14.3 Å². The standard InChI is InChI=1S/C29H40N4O3/c1-21(2)33(22(3)4)29(35)20-32-26-12-9-8-11-25(26)31-27(32)13-7-6-10-18-30-28(34)19-23-14-16-24(36-5)17-15-23/h8-9,11-12,14-17,21-22H,6-7,10,13,18-20H2,1-5H3,(H,30,34). The summed E-state index contributed by atoms with van der Waals surface area (Å²) in [7, 11) is 1.63. The third-order valence-corrected chi connectivity index (χ3v) is 6.35. The van der Waals surface area contributed by atoms with Gasteiger partial charge in [-0.05, 0) is 70.4 Å². The number of aromatic nitrogens is 2. The van der Waals surface area contributed by atoms with Gasteiger partial charge in [-0.1, -0.05) is 30.7 Å². The average Bonchev–Trinajstić information content (AvgIpc) is 3.18. The summed E-state index contributed by atoms with van der Waals surface area (Å²) in [5, 5.41) is 3.01. The first-order valence-corrected chi connectivity index (χ1v) is 12.9. The Bertz CT molecular complexity index is 1130. The number of ether oxygens (including phenoxy) is 1. The highest BCUT2D eigenvalue weighted by atomic mass is 16.5. The molecule has 0 aliphatic rings. The lowest BCUT2D eigenvalue weighted by Crippen LogP contribution is -2.43. The summed E-state index contributed by atoms with van der Waals surface area (Å²) in [6, 6.07) is 15.9. The van der Waals surface area contributed by atoms with Crippen LogP contribution in [0.2, 0.25) is 0 Å². The maximum Gasteiger partial charge on any atom is 0.243 e. The van der Waals surface area contributed by atoms with E-state index in [-0.39, 0.29) is 23.9 Å². The lowest BCUT2D eigenvalue weighted by Gasteiger charge is -2.31. The summed E-state index contributed by atoms with van der Waals surface area (Å²) < 4.78 is 7.23. The Balaban J connectivity index is 1.50. The van der Waals surface area contributed by atoms with E-state index in [9.17, 15) is 9.59 Å². The molecule has 2 aromatic carbocycles. The lowest BCUT2D eigenvalue weighted by atomic mass is 10.1. The molecule has 0 radical (unpaired) electrons. The number of amides is 2. The van der Waals surface area contributed by atoms with Crippen molar-refractivity contribution in [3.63, 3.8) is 0 Å². The van der Waals surface area contributed by atoms with Crippen LogP contribution in [-0.4, -0.2) is 52.0 Å². The van der Waals surface area contributed by atoms with Crippen LogP contribution in [0.15, 0.2) is 48.5 Å². The number of benzene rings is 2. The maximum atomic E-state index is 13.2. The summed E-state index contributed by atoms with van der Waals surface area (Å²) in [4.78, 5) is 32.2. The zero-order valence-electron chi connectivity index (χ0n) is 22.3.